The number of nitrogens with zero attached hydrogens (tertiary/aromatic N) is 1. The van der Waals surface area contributed by atoms with Crippen LogP contribution in [0.2, 0.25) is 0 Å². The fourth-order valence-corrected chi connectivity index (χ4v) is 1.66. The third-order valence-electron chi connectivity index (χ3n) is 2.54. The van der Waals surface area contributed by atoms with E-state index in [1.54, 1.807) is 20.8 Å². The fourth-order valence-electron chi connectivity index (χ4n) is 1.66. The first-order chi connectivity index (χ1) is 7.65. The molecule has 17 heavy (non-hydrogen) atoms. The first-order valence-corrected chi connectivity index (χ1v) is 5.48. The summed E-state index contributed by atoms with van der Waals surface area (Å²) >= 11 is 0. The molecule has 0 radical (unpaired) electrons. The summed E-state index contributed by atoms with van der Waals surface area (Å²) in [6.07, 6.45) is -0.844. The van der Waals surface area contributed by atoms with Gasteiger partial charge in [-0.15, -0.1) is 0 Å². The Bertz CT molecular complexity index is 312. The highest BCUT2D eigenvalue weighted by Gasteiger charge is 2.44. The summed E-state index contributed by atoms with van der Waals surface area (Å²) < 4.78 is 31.2. The molecule has 98 valence electrons. The minimum absolute atomic E-state index is 0.116. The zero-order valence-electron chi connectivity index (χ0n) is 10.2. The van der Waals surface area contributed by atoms with Crippen molar-refractivity contribution in [3.63, 3.8) is 0 Å². The Kier molecular flexibility index (Phi) is 3.74. The summed E-state index contributed by atoms with van der Waals surface area (Å²) in [5, 5.41) is 0. The molecule has 1 aliphatic rings. The van der Waals surface area contributed by atoms with Gasteiger partial charge in [0.25, 0.3) is 0 Å². The highest BCUT2D eigenvalue weighted by Crippen LogP contribution is 2.31. The van der Waals surface area contributed by atoms with E-state index in [1.165, 1.54) is 4.90 Å². The van der Waals surface area contributed by atoms with Crippen molar-refractivity contribution in [2.24, 2.45) is 5.92 Å². The molecule has 0 bridgehead atoms. The molecule has 1 saturated heterocycles. The second-order valence-electron chi connectivity index (χ2n) is 5.20. The van der Waals surface area contributed by atoms with Gasteiger partial charge in [-0.3, -0.25) is 4.79 Å². The molecule has 1 unspecified atom stereocenters. The van der Waals surface area contributed by atoms with Crippen molar-refractivity contribution in [2.45, 2.75) is 38.7 Å². The summed E-state index contributed by atoms with van der Waals surface area (Å²) in [5.41, 5.74) is -0.650. The van der Waals surface area contributed by atoms with E-state index < -0.39 is 23.5 Å². The second-order valence-corrected chi connectivity index (χ2v) is 5.20. The molecular weight excluding hydrogens is 232 g/mol. The van der Waals surface area contributed by atoms with Crippen LogP contribution in [-0.4, -0.2) is 41.9 Å². The second kappa shape index (κ2) is 4.58. The van der Waals surface area contributed by atoms with E-state index in [-0.39, 0.29) is 25.8 Å². The van der Waals surface area contributed by atoms with Crippen molar-refractivity contribution in [3.8, 4) is 0 Å². The average Bonchev–Trinajstić information content (AvgIpc) is 2.64. The number of hydrogen-bond acceptors (Lipinski definition) is 3. The molecule has 1 amide bonds. The van der Waals surface area contributed by atoms with Crippen LogP contribution in [0.5, 0.6) is 0 Å². The predicted octanol–water partition coefficient (Wildman–Crippen LogP) is 2.08. The lowest BCUT2D eigenvalue weighted by Crippen LogP contribution is -2.37. The number of ether oxygens (including phenoxy) is 1. The smallest absolute Gasteiger partial charge is 0.410 e. The molecule has 1 aliphatic heterocycles. The number of likely N-dealkylation sites (tertiary alicyclic amines) is 1. The molecule has 1 heterocycles. The normalized spacial score (nSPS) is 21.5. The van der Waals surface area contributed by atoms with Gasteiger partial charge in [0, 0.05) is 19.0 Å². The van der Waals surface area contributed by atoms with E-state index in [0.717, 1.165) is 0 Å². The lowest BCUT2D eigenvalue weighted by atomic mass is 10.0. The highest BCUT2D eigenvalue weighted by atomic mass is 19.3. The van der Waals surface area contributed by atoms with Crippen molar-refractivity contribution < 1.29 is 23.1 Å². The van der Waals surface area contributed by atoms with Crippen molar-refractivity contribution in [1.29, 1.82) is 0 Å². The summed E-state index contributed by atoms with van der Waals surface area (Å²) in [7, 11) is 0. The molecule has 1 rings (SSSR count). The number of hydrogen-bond donors (Lipinski definition) is 0. The van der Waals surface area contributed by atoms with Crippen LogP contribution in [-0.2, 0) is 9.53 Å². The van der Waals surface area contributed by atoms with Gasteiger partial charge in [0.15, 0.2) is 6.29 Å². The number of carbonyl (C=O) groups excluding carboxylic acids is 2. The Morgan fingerprint density at radius 2 is 2.00 bits per heavy atom. The van der Waals surface area contributed by atoms with Crippen LogP contribution < -0.4 is 0 Å². The molecule has 0 saturated carbocycles. The number of amides is 1. The van der Waals surface area contributed by atoms with Crippen LogP contribution >= 0.6 is 0 Å². The maximum Gasteiger partial charge on any atom is 0.410 e. The van der Waals surface area contributed by atoms with Crippen molar-refractivity contribution in [2.75, 3.05) is 13.1 Å². The van der Waals surface area contributed by atoms with Crippen molar-refractivity contribution in [1.82, 2.24) is 4.90 Å². The Balaban J connectivity index is 2.56. The van der Waals surface area contributed by atoms with E-state index in [9.17, 15) is 18.4 Å². The molecule has 0 spiro atoms. The first-order valence-electron chi connectivity index (χ1n) is 5.48. The summed E-state index contributed by atoms with van der Waals surface area (Å²) in [5.74, 6) is -4.47. The summed E-state index contributed by atoms with van der Waals surface area (Å²) in [6, 6.07) is 0. The molecule has 6 heteroatoms. The van der Waals surface area contributed by atoms with Gasteiger partial charge in [0.1, 0.15) is 5.60 Å². The largest absolute Gasteiger partial charge is 0.444 e. The highest BCUT2D eigenvalue weighted by molar-refractivity contribution is 5.69. The summed E-state index contributed by atoms with van der Waals surface area (Å²) in [6.45, 7) is 5.18. The van der Waals surface area contributed by atoms with E-state index in [0.29, 0.717) is 0 Å². The van der Waals surface area contributed by atoms with Crippen LogP contribution in [0.25, 0.3) is 0 Å². The van der Waals surface area contributed by atoms with Crippen molar-refractivity contribution >= 4 is 12.4 Å². The summed E-state index contributed by atoms with van der Waals surface area (Å²) in [4.78, 5) is 23.0. The molecule has 0 aliphatic carbocycles. The Morgan fingerprint density at radius 3 is 2.47 bits per heavy atom. The number of alkyl halides is 2. The van der Waals surface area contributed by atoms with E-state index >= 15 is 0 Å². The van der Waals surface area contributed by atoms with E-state index in [1.807, 2.05) is 0 Å². The topological polar surface area (TPSA) is 46.6 Å². The minimum atomic E-state index is -3.36. The number of carbonyl (C=O) groups is 2. The third-order valence-corrected chi connectivity index (χ3v) is 2.54. The maximum atomic E-state index is 13.1. The van der Waals surface area contributed by atoms with Crippen LogP contribution in [0.4, 0.5) is 13.6 Å². The lowest BCUT2D eigenvalue weighted by molar-refractivity contribution is -0.136. The molecule has 1 atom stereocenters. The van der Waals surface area contributed by atoms with Gasteiger partial charge in [0.2, 0.25) is 0 Å². The van der Waals surface area contributed by atoms with Crippen LogP contribution in [0.15, 0.2) is 0 Å². The number of aldehydes is 1. The van der Waals surface area contributed by atoms with Crippen LogP contribution in [0.3, 0.4) is 0 Å². The minimum Gasteiger partial charge on any atom is -0.444 e. The number of halogens is 2. The van der Waals surface area contributed by atoms with Gasteiger partial charge in [-0.1, -0.05) is 0 Å². The molecule has 0 aromatic heterocycles. The average molecular weight is 249 g/mol. The molecular formula is C11H17F2NO3. The SMILES string of the molecule is CC(C)(C)OC(=O)N1CCC(C(F)(F)C=O)C1. The quantitative estimate of drug-likeness (QED) is 0.704. The van der Waals surface area contributed by atoms with Gasteiger partial charge < -0.3 is 9.64 Å². The predicted molar refractivity (Wildman–Crippen MR) is 56.9 cm³/mol. The van der Waals surface area contributed by atoms with Gasteiger partial charge in [-0.05, 0) is 27.2 Å². The Hall–Kier alpha value is -1.20. The van der Waals surface area contributed by atoms with Crippen molar-refractivity contribution in [3.05, 3.63) is 0 Å². The zero-order chi connectivity index (χ0) is 13.3. The lowest BCUT2D eigenvalue weighted by Gasteiger charge is -2.24. The fraction of sp³-hybridized carbons (Fsp3) is 0.818. The maximum absolute atomic E-state index is 13.1. The Morgan fingerprint density at radius 1 is 1.41 bits per heavy atom. The van der Waals surface area contributed by atoms with E-state index in [4.69, 9.17) is 4.74 Å². The zero-order valence-corrected chi connectivity index (χ0v) is 10.2. The van der Waals surface area contributed by atoms with Gasteiger partial charge in [-0.2, -0.15) is 8.78 Å². The van der Waals surface area contributed by atoms with Gasteiger partial charge in [0.05, 0.1) is 0 Å². The monoisotopic (exact) mass is 249 g/mol. The Labute approximate surface area is 98.9 Å². The molecule has 0 aromatic carbocycles. The van der Waals surface area contributed by atoms with E-state index in [2.05, 4.69) is 0 Å². The third kappa shape index (κ3) is 3.64. The standard InChI is InChI=1S/C11H17F2NO3/c1-10(2,3)17-9(16)14-5-4-8(6-14)11(12,13)7-15/h7-8H,4-6H2,1-3H3. The van der Waals surface area contributed by atoms with Gasteiger partial charge >= 0.3 is 12.0 Å². The molecule has 0 N–H and O–H groups in total. The van der Waals surface area contributed by atoms with Crippen LogP contribution in [0.1, 0.15) is 27.2 Å². The van der Waals surface area contributed by atoms with Gasteiger partial charge in [-0.25, -0.2) is 4.79 Å². The van der Waals surface area contributed by atoms with Crippen LogP contribution in [0, 0.1) is 5.92 Å². The molecule has 1 fully saturated rings. The number of rotatable bonds is 2. The first kappa shape index (κ1) is 13.9. The molecule has 0 aromatic rings. The molecule has 4 nitrogen and oxygen atoms in total.